The summed E-state index contributed by atoms with van der Waals surface area (Å²) in [5.74, 6) is 0.907. The van der Waals surface area contributed by atoms with Crippen molar-refractivity contribution in [1.82, 2.24) is 15.2 Å². The van der Waals surface area contributed by atoms with Gasteiger partial charge in [0.15, 0.2) is 6.61 Å². The molecule has 1 aliphatic rings. The largest absolute Gasteiger partial charge is 0.484 e. The molecule has 4 aromatic rings. The molecule has 178 valence electrons. The van der Waals surface area contributed by atoms with Crippen molar-refractivity contribution in [1.29, 1.82) is 0 Å². The molecule has 0 fully saturated rings. The second-order valence-corrected chi connectivity index (χ2v) is 8.81. The number of carbonyl (C=O) groups is 1. The van der Waals surface area contributed by atoms with E-state index in [0.29, 0.717) is 17.9 Å². The molecule has 1 atom stereocenters. The third kappa shape index (κ3) is 5.43. The Balaban J connectivity index is 1.23. The van der Waals surface area contributed by atoms with Crippen LogP contribution in [0.15, 0.2) is 86.1 Å². The van der Waals surface area contributed by atoms with E-state index in [0.717, 1.165) is 28.6 Å². The molecule has 3 heterocycles. The van der Waals surface area contributed by atoms with E-state index in [9.17, 15) is 9.18 Å². The minimum atomic E-state index is -0.346. The zero-order valence-electron chi connectivity index (χ0n) is 18.8. The summed E-state index contributed by atoms with van der Waals surface area (Å²) in [5, 5.41) is 14.2. The van der Waals surface area contributed by atoms with E-state index >= 15 is 0 Å². The fourth-order valence-corrected chi connectivity index (χ4v) is 4.22. The van der Waals surface area contributed by atoms with E-state index in [2.05, 4.69) is 15.3 Å². The van der Waals surface area contributed by atoms with Gasteiger partial charge in [0.2, 0.25) is 0 Å². The molecule has 5 rings (SSSR count). The smallest absolute Gasteiger partial charge is 0.277 e. The number of aryl methyl sites for hydroxylation is 1. The highest BCUT2D eigenvalue weighted by Gasteiger charge is 2.35. The first-order valence-corrected chi connectivity index (χ1v) is 11.9. The molecule has 1 amide bonds. The summed E-state index contributed by atoms with van der Waals surface area (Å²) in [7, 11) is 0. The number of aromatic nitrogens is 2. The molecule has 10 heteroatoms. The first kappa shape index (κ1) is 22.9. The Bertz CT molecular complexity index is 1320. The minimum absolute atomic E-state index is 0.0318. The maximum absolute atomic E-state index is 13.1. The Morgan fingerprint density at radius 2 is 1.94 bits per heavy atom. The molecule has 0 bridgehead atoms. The van der Waals surface area contributed by atoms with E-state index in [4.69, 9.17) is 13.6 Å². The number of hydrogen-bond donors (Lipinski definition) is 0. The van der Waals surface area contributed by atoms with Gasteiger partial charge in [-0.2, -0.15) is 5.10 Å². The minimum Gasteiger partial charge on any atom is -0.484 e. The van der Waals surface area contributed by atoms with Crippen LogP contribution in [0.2, 0.25) is 0 Å². The number of furan rings is 1. The number of hydrazone groups is 1. The van der Waals surface area contributed by atoms with E-state index < -0.39 is 0 Å². The maximum atomic E-state index is 13.1. The van der Waals surface area contributed by atoms with Crippen molar-refractivity contribution in [2.45, 2.75) is 31.2 Å². The Labute approximate surface area is 204 Å². The molecule has 0 spiro atoms. The monoisotopic (exact) mass is 492 g/mol. The number of halogens is 1. The fraction of sp³-hybridized carbons (Fsp3) is 0.200. The van der Waals surface area contributed by atoms with Crippen molar-refractivity contribution in [2.24, 2.45) is 5.10 Å². The number of benzene rings is 2. The number of rotatable bonds is 8. The SMILES string of the molecule is Cc1ccc(C2=NN(C(=O)CSc3nnc(COc4ccc(F)cc4)o3)[C@@H](c3ccco3)C2)cc1. The number of nitrogens with zero attached hydrogens (tertiary/aromatic N) is 4. The topological polar surface area (TPSA) is 94.0 Å². The van der Waals surface area contributed by atoms with Crippen molar-refractivity contribution in [3.63, 3.8) is 0 Å². The third-order valence-corrected chi connectivity index (χ3v) is 6.17. The fourth-order valence-electron chi connectivity index (χ4n) is 3.58. The molecule has 0 unspecified atom stereocenters. The van der Waals surface area contributed by atoms with E-state index in [1.165, 1.54) is 29.3 Å². The van der Waals surface area contributed by atoms with Crippen LogP contribution < -0.4 is 4.74 Å². The van der Waals surface area contributed by atoms with Gasteiger partial charge in [-0.1, -0.05) is 41.6 Å². The van der Waals surface area contributed by atoms with E-state index in [-0.39, 0.29) is 41.2 Å². The molecular weight excluding hydrogens is 471 g/mol. The van der Waals surface area contributed by atoms with Crippen LogP contribution in [0.5, 0.6) is 5.75 Å². The predicted molar refractivity (Wildman–Crippen MR) is 126 cm³/mol. The Hall–Kier alpha value is -3.92. The summed E-state index contributed by atoms with van der Waals surface area (Å²) in [6.07, 6.45) is 2.14. The second kappa shape index (κ2) is 10.1. The number of hydrogen-bond acceptors (Lipinski definition) is 8. The molecule has 8 nitrogen and oxygen atoms in total. The average molecular weight is 493 g/mol. The summed E-state index contributed by atoms with van der Waals surface area (Å²) >= 11 is 1.12. The summed E-state index contributed by atoms with van der Waals surface area (Å²) in [6, 6.07) is 17.0. The summed E-state index contributed by atoms with van der Waals surface area (Å²) in [4.78, 5) is 13.1. The molecule has 2 aromatic carbocycles. The van der Waals surface area contributed by atoms with Gasteiger partial charge in [-0.3, -0.25) is 4.79 Å². The molecule has 1 aliphatic heterocycles. The molecule has 35 heavy (non-hydrogen) atoms. The highest BCUT2D eigenvalue weighted by molar-refractivity contribution is 7.99. The van der Waals surface area contributed by atoms with Crippen molar-refractivity contribution in [3.05, 3.63) is 95.5 Å². The van der Waals surface area contributed by atoms with Gasteiger partial charge in [0.25, 0.3) is 17.0 Å². The Kier molecular flexibility index (Phi) is 6.62. The van der Waals surface area contributed by atoms with Crippen LogP contribution in [0.1, 0.15) is 35.2 Å². The normalized spacial score (nSPS) is 15.3. The molecule has 0 aliphatic carbocycles. The summed E-state index contributed by atoms with van der Waals surface area (Å²) < 4.78 is 29.7. The van der Waals surface area contributed by atoms with E-state index in [1.54, 1.807) is 12.3 Å². The quantitative estimate of drug-likeness (QED) is 0.314. The van der Waals surface area contributed by atoms with Crippen LogP contribution >= 0.6 is 11.8 Å². The van der Waals surface area contributed by atoms with Crippen molar-refractivity contribution < 1.29 is 22.8 Å². The third-order valence-electron chi connectivity index (χ3n) is 5.37. The first-order chi connectivity index (χ1) is 17.0. The zero-order valence-corrected chi connectivity index (χ0v) is 19.6. The van der Waals surface area contributed by atoms with Gasteiger partial charge >= 0.3 is 0 Å². The summed E-state index contributed by atoms with van der Waals surface area (Å²) in [5.41, 5.74) is 2.95. The highest BCUT2D eigenvalue weighted by Crippen LogP contribution is 2.34. The van der Waals surface area contributed by atoms with Crippen LogP contribution in [0.25, 0.3) is 0 Å². The molecule has 0 saturated carbocycles. The van der Waals surface area contributed by atoms with Crippen LogP contribution in [-0.4, -0.2) is 32.6 Å². The number of carbonyl (C=O) groups excluding carboxylic acids is 1. The van der Waals surface area contributed by atoms with Crippen molar-refractivity contribution in [3.8, 4) is 5.75 Å². The van der Waals surface area contributed by atoms with Gasteiger partial charge in [0, 0.05) is 6.42 Å². The second-order valence-electron chi connectivity index (χ2n) is 7.88. The lowest BCUT2D eigenvalue weighted by molar-refractivity contribution is -0.130. The molecule has 0 N–H and O–H groups in total. The van der Waals surface area contributed by atoms with Gasteiger partial charge in [0.1, 0.15) is 23.4 Å². The van der Waals surface area contributed by atoms with Crippen LogP contribution in [0.3, 0.4) is 0 Å². The molecular formula is C25H21FN4O4S. The molecule has 2 aromatic heterocycles. The standard InChI is InChI=1S/C25H21FN4O4S/c1-16-4-6-17(7-5-16)20-13-21(22-3-2-12-32-22)30(29-20)24(31)15-35-25-28-27-23(34-25)14-33-19-10-8-18(26)9-11-19/h2-12,21H,13-15H2,1H3/t21-/m1/s1. The van der Waals surface area contributed by atoms with Crippen molar-refractivity contribution >= 4 is 23.4 Å². The molecule has 0 radical (unpaired) electrons. The lowest BCUT2D eigenvalue weighted by Crippen LogP contribution is -2.28. The van der Waals surface area contributed by atoms with Gasteiger partial charge in [-0.15, -0.1) is 10.2 Å². The Morgan fingerprint density at radius 3 is 2.69 bits per heavy atom. The van der Waals surface area contributed by atoms with E-state index in [1.807, 2.05) is 37.3 Å². The number of thioether (sulfide) groups is 1. The lowest BCUT2D eigenvalue weighted by atomic mass is 10.0. The van der Waals surface area contributed by atoms with Gasteiger partial charge in [-0.25, -0.2) is 9.40 Å². The number of amides is 1. The molecule has 0 saturated heterocycles. The zero-order chi connectivity index (χ0) is 24.2. The van der Waals surface area contributed by atoms with Crippen LogP contribution in [0.4, 0.5) is 4.39 Å². The average Bonchev–Trinajstić information content (AvgIpc) is 3.63. The predicted octanol–water partition coefficient (Wildman–Crippen LogP) is 5.16. The van der Waals surface area contributed by atoms with Crippen LogP contribution in [0, 0.1) is 12.7 Å². The highest BCUT2D eigenvalue weighted by atomic mass is 32.2. The first-order valence-electron chi connectivity index (χ1n) is 10.9. The maximum Gasteiger partial charge on any atom is 0.277 e. The van der Waals surface area contributed by atoms with Gasteiger partial charge in [0.05, 0.1) is 17.7 Å². The lowest BCUT2D eigenvalue weighted by Gasteiger charge is -2.19. The summed E-state index contributed by atoms with van der Waals surface area (Å²) in [6.45, 7) is 2.06. The van der Waals surface area contributed by atoms with Gasteiger partial charge in [-0.05, 0) is 48.9 Å². The van der Waals surface area contributed by atoms with Crippen LogP contribution in [-0.2, 0) is 11.4 Å². The van der Waals surface area contributed by atoms with Gasteiger partial charge < -0.3 is 13.6 Å². The van der Waals surface area contributed by atoms with Crippen molar-refractivity contribution in [2.75, 3.05) is 5.75 Å². The Morgan fingerprint density at radius 1 is 1.14 bits per heavy atom. The number of ether oxygens (including phenoxy) is 1.